The van der Waals surface area contributed by atoms with Crippen LogP contribution in [0.2, 0.25) is 0 Å². The number of hydrogen-bond acceptors (Lipinski definition) is 6. The fourth-order valence-corrected chi connectivity index (χ4v) is 3.80. The third kappa shape index (κ3) is 5.05. The van der Waals surface area contributed by atoms with Crippen LogP contribution in [0.4, 0.5) is 11.4 Å². The number of amides is 2. The lowest BCUT2D eigenvalue weighted by Gasteiger charge is -2.15. The molecule has 0 radical (unpaired) electrons. The molecule has 0 fully saturated rings. The van der Waals surface area contributed by atoms with E-state index in [1.54, 1.807) is 54.6 Å². The van der Waals surface area contributed by atoms with Crippen LogP contribution in [-0.4, -0.2) is 24.4 Å². The number of carbonyl (C=O) groups excluding carboxylic acids is 3. The molecule has 0 saturated heterocycles. The van der Waals surface area contributed by atoms with Gasteiger partial charge in [-0.2, -0.15) is 0 Å². The highest BCUT2D eigenvalue weighted by atomic mass is 35.5. The molecule has 3 aromatic rings. The number of rotatable bonds is 8. The molecule has 3 aromatic carbocycles. The van der Waals surface area contributed by atoms with E-state index in [2.05, 4.69) is 5.32 Å². The number of benzene rings is 3. The van der Waals surface area contributed by atoms with Gasteiger partial charge in [-0.25, -0.2) is 9.69 Å². The van der Waals surface area contributed by atoms with Crippen molar-refractivity contribution in [3.63, 3.8) is 0 Å². The van der Waals surface area contributed by atoms with Crippen LogP contribution in [0, 0.1) is 0 Å². The Morgan fingerprint density at radius 2 is 1.60 bits per heavy atom. The van der Waals surface area contributed by atoms with Gasteiger partial charge in [-0.05, 0) is 73.5 Å². The predicted octanol–water partition coefficient (Wildman–Crippen LogP) is 5.30. The summed E-state index contributed by atoms with van der Waals surface area (Å²) >= 11 is 6.21. The van der Waals surface area contributed by atoms with Gasteiger partial charge in [0.2, 0.25) is 0 Å². The maximum atomic E-state index is 13.0. The molecule has 0 bridgehead atoms. The smallest absolute Gasteiger partial charge is 0.343 e. The molecule has 178 valence electrons. The molecule has 4 rings (SSSR count). The molecule has 8 heteroatoms. The second-order valence-corrected chi connectivity index (χ2v) is 7.99. The summed E-state index contributed by atoms with van der Waals surface area (Å²) in [4.78, 5) is 39.2. The summed E-state index contributed by atoms with van der Waals surface area (Å²) in [6.07, 6.45) is 0.739. The van der Waals surface area contributed by atoms with E-state index in [4.69, 9.17) is 21.1 Å². The Morgan fingerprint density at radius 3 is 2.26 bits per heavy atom. The van der Waals surface area contributed by atoms with Crippen molar-refractivity contribution >= 4 is 40.8 Å². The van der Waals surface area contributed by atoms with Crippen LogP contribution in [0.1, 0.15) is 29.8 Å². The summed E-state index contributed by atoms with van der Waals surface area (Å²) in [6, 6.07) is 20.3. The first kappa shape index (κ1) is 24.0. The van der Waals surface area contributed by atoms with Crippen molar-refractivity contribution in [1.82, 2.24) is 0 Å². The Hall–Kier alpha value is -4.10. The van der Waals surface area contributed by atoms with Gasteiger partial charge >= 0.3 is 5.97 Å². The van der Waals surface area contributed by atoms with E-state index in [-0.39, 0.29) is 10.7 Å². The Kier molecular flexibility index (Phi) is 7.17. The average molecular weight is 491 g/mol. The van der Waals surface area contributed by atoms with Crippen molar-refractivity contribution in [2.75, 3.05) is 16.8 Å². The van der Waals surface area contributed by atoms with Crippen LogP contribution in [0.25, 0.3) is 0 Å². The lowest BCUT2D eigenvalue weighted by Crippen LogP contribution is -2.32. The quantitative estimate of drug-likeness (QED) is 0.262. The number of ether oxygens (including phenoxy) is 2. The minimum absolute atomic E-state index is 0.0437. The maximum absolute atomic E-state index is 13.0. The molecular formula is C27H23ClN2O5. The number of aryl methyl sites for hydroxylation is 1. The van der Waals surface area contributed by atoms with Gasteiger partial charge in [0.05, 0.1) is 17.9 Å². The maximum Gasteiger partial charge on any atom is 0.343 e. The van der Waals surface area contributed by atoms with E-state index in [9.17, 15) is 14.4 Å². The van der Waals surface area contributed by atoms with Crippen molar-refractivity contribution in [1.29, 1.82) is 0 Å². The SMILES string of the molecule is CCOc1ccc(N2C(=O)C(Cl)=C(Nc3ccc(C(=O)Oc4ccccc4CC)cc3)C2=O)cc1. The molecule has 0 saturated carbocycles. The summed E-state index contributed by atoms with van der Waals surface area (Å²) in [7, 11) is 0. The van der Waals surface area contributed by atoms with Crippen molar-refractivity contribution in [3.05, 3.63) is 94.7 Å². The van der Waals surface area contributed by atoms with Gasteiger partial charge in [0.15, 0.2) is 0 Å². The molecule has 1 aliphatic rings. The van der Waals surface area contributed by atoms with Gasteiger partial charge in [0, 0.05) is 5.69 Å². The lowest BCUT2D eigenvalue weighted by atomic mass is 10.1. The molecule has 1 aliphatic heterocycles. The first-order valence-corrected chi connectivity index (χ1v) is 11.5. The zero-order valence-electron chi connectivity index (χ0n) is 19.2. The first-order valence-electron chi connectivity index (χ1n) is 11.1. The lowest BCUT2D eigenvalue weighted by molar-refractivity contribution is -0.120. The van der Waals surface area contributed by atoms with Gasteiger partial charge in [0.25, 0.3) is 11.8 Å². The van der Waals surface area contributed by atoms with Crippen molar-refractivity contribution < 1.29 is 23.9 Å². The fraction of sp³-hybridized carbons (Fsp3) is 0.148. The number of hydrogen-bond donors (Lipinski definition) is 1. The number of esters is 1. The summed E-state index contributed by atoms with van der Waals surface area (Å²) in [5.74, 6) is -0.557. The Bertz CT molecular complexity index is 1300. The zero-order chi connectivity index (χ0) is 24.9. The van der Waals surface area contributed by atoms with Crippen molar-refractivity contribution in [3.8, 4) is 11.5 Å². The van der Waals surface area contributed by atoms with Crippen LogP contribution in [0.5, 0.6) is 11.5 Å². The van der Waals surface area contributed by atoms with Gasteiger partial charge in [-0.3, -0.25) is 9.59 Å². The van der Waals surface area contributed by atoms with Gasteiger partial charge < -0.3 is 14.8 Å². The highest BCUT2D eigenvalue weighted by Crippen LogP contribution is 2.31. The van der Waals surface area contributed by atoms with E-state index >= 15 is 0 Å². The average Bonchev–Trinajstić information content (AvgIpc) is 3.08. The van der Waals surface area contributed by atoms with E-state index < -0.39 is 17.8 Å². The third-order valence-electron chi connectivity index (χ3n) is 5.38. The van der Waals surface area contributed by atoms with Crippen molar-refractivity contribution in [2.24, 2.45) is 0 Å². The standard InChI is InChI=1S/C27H23ClN2O5/c1-3-17-7-5-6-8-22(17)35-27(33)18-9-11-19(12-10-18)29-24-23(28)25(31)30(26(24)32)20-13-15-21(16-14-20)34-4-2/h5-16,29H,3-4H2,1-2H3. The van der Waals surface area contributed by atoms with Gasteiger partial charge in [0.1, 0.15) is 22.2 Å². The number of imide groups is 1. The summed E-state index contributed by atoms with van der Waals surface area (Å²) in [6.45, 7) is 4.36. The van der Waals surface area contributed by atoms with E-state index in [1.165, 1.54) is 0 Å². The molecule has 1 heterocycles. The second-order valence-electron chi connectivity index (χ2n) is 7.61. The molecule has 35 heavy (non-hydrogen) atoms. The van der Waals surface area contributed by atoms with Crippen LogP contribution in [-0.2, 0) is 16.0 Å². The van der Waals surface area contributed by atoms with Gasteiger partial charge in [-0.1, -0.05) is 36.7 Å². The Labute approximate surface area is 207 Å². The fourth-order valence-electron chi connectivity index (χ4n) is 3.59. The molecule has 1 N–H and O–H groups in total. The highest BCUT2D eigenvalue weighted by molar-refractivity contribution is 6.53. The number of para-hydroxylation sites is 1. The largest absolute Gasteiger partial charge is 0.494 e. The zero-order valence-corrected chi connectivity index (χ0v) is 20.0. The number of carbonyl (C=O) groups is 3. The summed E-state index contributed by atoms with van der Waals surface area (Å²) in [5.41, 5.74) is 2.09. The molecule has 0 unspecified atom stereocenters. The Morgan fingerprint density at radius 1 is 0.914 bits per heavy atom. The predicted molar refractivity (Wildman–Crippen MR) is 134 cm³/mol. The minimum atomic E-state index is -0.627. The molecule has 0 atom stereocenters. The molecule has 0 aromatic heterocycles. The van der Waals surface area contributed by atoms with E-state index in [1.807, 2.05) is 32.0 Å². The highest BCUT2D eigenvalue weighted by Gasteiger charge is 2.39. The number of nitrogens with zero attached hydrogens (tertiary/aromatic N) is 1. The monoisotopic (exact) mass is 490 g/mol. The number of halogens is 1. The van der Waals surface area contributed by atoms with Crippen LogP contribution in [0.3, 0.4) is 0 Å². The van der Waals surface area contributed by atoms with Crippen LogP contribution in [0.15, 0.2) is 83.5 Å². The molecule has 0 spiro atoms. The Balaban J connectivity index is 1.46. The van der Waals surface area contributed by atoms with Crippen molar-refractivity contribution in [2.45, 2.75) is 20.3 Å². The van der Waals surface area contributed by atoms with Gasteiger partial charge in [-0.15, -0.1) is 0 Å². The third-order valence-corrected chi connectivity index (χ3v) is 5.73. The number of nitrogens with one attached hydrogen (secondary N) is 1. The second kappa shape index (κ2) is 10.4. The van der Waals surface area contributed by atoms with E-state index in [0.717, 1.165) is 16.9 Å². The normalized spacial score (nSPS) is 13.3. The first-order chi connectivity index (χ1) is 16.9. The summed E-state index contributed by atoms with van der Waals surface area (Å²) in [5, 5.41) is 2.68. The minimum Gasteiger partial charge on any atom is -0.494 e. The van der Waals surface area contributed by atoms with Crippen LogP contribution < -0.4 is 19.7 Å². The van der Waals surface area contributed by atoms with Crippen LogP contribution >= 0.6 is 11.6 Å². The number of anilines is 2. The van der Waals surface area contributed by atoms with E-state index in [0.29, 0.717) is 35.0 Å². The molecule has 0 aliphatic carbocycles. The molecule has 7 nitrogen and oxygen atoms in total. The topological polar surface area (TPSA) is 84.9 Å². The molecule has 2 amide bonds. The summed E-state index contributed by atoms with van der Waals surface area (Å²) < 4.78 is 10.9. The molecular weight excluding hydrogens is 468 g/mol.